The van der Waals surface area contributed by atoms with Crippen molar-refractivity contribution in [1.29, 1.82) is 0 Å². The highest BCUT2D eigenvalue weighted by atomic mass is 35.5. The topological polar surface area (TPSA) is 68.0 Å². The molecule has 6 heteroatoms. The van der Waals surface area contributed by atoms with Crippen molar-refractivity contribution in [1.82, 2.24) is 9.97 Å². The van der Waals surface area contributed by atoms with E-state index in [-0.39, 0.29) is 5.91 Å². The van der Waals surface area contributed by atoms with Gasteiger partial charge < -0.3 is 9.73 Å². The highest BCUT2D eigenvalue weighted by molar-refractivity contribution is 6.30. The normalized spacial score (nSPS) is 10.8. The summed E-state index contributed by atoms with van der Waals surface area (Å²) in [6.45, 7) is 0. The van der Waals surface area contributed by atoms with Crippen molar-refractivity contribution in [2.75, 3.05) is 5.32 Å². The van der Waals surface area contributed by atoms with Crippen LogP contribution in [0.1, 0.15) is 10.4 Å². The zero-order valence-corrected chi connectivity index (χ0v) is 13.7. The van der Waals surface area contributed by atoms with E-state index >= 15 is 0 Å². The van der Waals surface area contributed by atoms with E-state index in [1.54, 1.807) is 48.7 Å². The van der Waals surface area contributed by atoms with Gasteiger partial charge in [0.1, 0.15) is 0 Å². The lowest BCUT2D eigenvalue weighted by atomic mass is 10.2. The third-order valence-electron chi connectivity index (χ3n) is 3.66. The second-order valence-electron chi connectivity index (χ2n) is 5.38. The Morgan fingerprint density at radius 3 is 2.48 bits per heavy atom. The number of rotatable bonds is 3. The second-order valence-corrected chi connectivity index (χ2v) is 5.82. The average molecular weight is 350 g/mol. The number of nitrogens with zero attached hydrogens (tertiary/aromatic N) is 2. The third kappa shape index (κ3) is 3.22. The molecule has 2 aromatic heterocycles. The predicted molar refractivity (Wildman–Crippen MR) is 96.6 cm³/mol. The van der Waals surface area contributed by atoms with E-state index in [0.29, 0.717) is 33.4 Å². The summed E-state index contributed by atoms with van der Waals surface area (Å²) >= 11 is 5.83. The average Bonchev–Trinajstić information content (AvgIpc) is 3.07. The first-order valence-electron chi connectivity index (χ1n) is 7.58. The number of carbonyl (C=O) groups excluding carboxylic acids is 1. The minimum absolute atomic E-state index is 0.199. The fourth-order valence-electron chi connectivity index (χ4n) is 2.39. The number of oxazole rings is 1. The van der Waals surface area contributed by atoms with Crippen LogP contribution in [0.4, 0.5) is 5.69 Å². The van der Waals surface area contributed by atoms with Crippen LogP contribution in [0.3, 0.4) is 0 Å². The Bertz CT molecular complexity index is 1010. The van der Waals surface area contributed by atoms with E-state index in [0.717, 1.165) is 5.56 Å². The molecule has 4 aromatic rings. The van der Waals surface area contributed by atoms with Crippen LogP contribution in [-0.4, -0.2) is 15.9 Å². The molecule has 25 heavy (non-hydrogen) atoms. The van der Waals surface area contributed by atoms with Crippen LogP contribution >= 0.6 is 11.6 Å². The quantitative estimate of drug-likeness (QED) is 0.577. The van der Waals surface area contributed by atoms with Crippen LogP contribution in [0.2, 0.25) is 5.02 Å². The molecule has 0 aliphatic rings. The van der Waals surface area contributed by atoms with Gasteiger partial charge >= 0.3 is 0 Å². The molecule has 4 rings (SSSR count). The molecule has 0 unspecified atom stereocenters. The molecule has 0 spiro atoms. The zero-order valence-electron chi connectivity index (χ0n) is 12.9. The zero-order chi connectivity index (χ0) is 17.2. The van der Waals surface area contributed by atoms with Crippen LogP contribution in [0.25, 0.3) is 22.7 Å². The van der Waals surface area contributed by atoms with E-state index in [1.807, 2.05) is 18.2 Å². The Hall–Kier alpha value is -3.18. The van der Waals surface area contributed by atoms with Crippen LogP contribution in [0.5, 0.6) is 0 Å². The van der Waals surface area contributed by atoms with E-state index in [4.69, 9.17) is 16.0 Å². The Morgan fingerprint density at radius 1 is 1.00 bits per heavy atom. The molecule has 5 nitrogen and oxygen atoms in total. The number of fused-ring (bicyclic) bond motifs is 1. The molecular formula is C19H12ClN3O2. The molecule has 1 N–H and O–H groups in total. The summed E-state index contributed by atoms with van der Waals surface area (Å²) < 4.78 is 5.68. The minimum atomic E-state index is -0.199. The minimum Gasteiger partial charge on any atom is -0.434 e. The van der Waals surface area contributed by atoms with Crippen LogP contribution < -0.4 is 5.32 Å². The lowest BCUT2D eigenvalue weighted by molar-refractivity contribution is 0.102. The number of halogens is 1. The number of amides is 1. The molecule has 2 heterocycles. The molecule has 0 atom stereocenters. The first-order valence-corrected chi connectivity index (χ1v) is 7.96. The van der Waals surface area contributed by atoms with Crippen LogP contribution in [0, 0.1) is 0 Å². The van der Waals surface area contributed by atoms with E-state index in [9.17, 15) is 4.79 Å². The maximum absolute atomic E-state index is 12.2. The van der Waals surface area contributed by atoms with Gasteiger partial charge in [-0.2, -0.15) is 4.98 Å². The standard InChI is InChI=1S/C19H12ClN3O2/c20-14-7-3-12(4-8-14)18(24)22-15-9-5-13(6-10-15)19-23-17-16(25-19)2-1-11-21-17/h1-11H,(H,22,24). The van der Waals surface area contributed by atoms with Gasteiger partial charge in [-0.15, -0.1) is 0 Å². The summed E-state index contributed by atoms with van der Waals surface area (Å²) in [7, 11) is 0. The number of aromatic nitrogens is 2. The largest absolute Gasteiger partial charge is 0.434 e. The highest BCUT2D eigenvalue weighted by Crippen LogP contribution is 2.24. The number of anilines is 1. The molecule has 0 radical (unpaired) electrons. The van der Waals surface area contributed by atoms with Crippen molar-refractivity contribution in [3.05, 3.63) is 77.4 Å². The summed E-state index contributed by atoms with van der Waals surface area (Å²) in [6.07, 6.45) is 1.67. The fraction of sp³-hybridized carbons (Fsp3) is 0. The predicted octanol–water partition coefficient (Wildman–Crippen LogP) is 4.80. The van der Waals surface area contributed by atoms with Gasteiger partial charge in [0, 0.05) is 28.0 Å². The molecule has 0 aliphatic carbocycles. The van der Waals surface area contributed by atoms with Gasteiger partial charge in [-0.25, -0.2) is 4.98 Å². The summed E-state index contributed by atoms with van der Waals surface area (Å²) in [6, 6.07) is 17.6. The van der Waals surface area contributed by atoms with Crippen molar-refractivity contribution in [3.63, 3.8) is 0 Å². The van der Waals surface area contributed by atoms with E-state index in [2.05, 4.69) is 15.3 Å². The number of carbonyl (C=O) groups is 1. The van der Waals surface area contributed by atoms with Crippen molar-refractivity contribution in [2.45, 2.75) is 0 Å². The van der Waals surface area contributed by atoms with E-state index in [1.165, 1.54) is 0 Å². The first kappa shape index (κ1) is 15.4. The maximum atomic E-state index is 12.2. The second kappa shape index (κ2) is 6.37. The van der Waals surface area contributed by atoms with Crippen LogP contribution in [0.15, 0.2) is 71.3 Å². The SMILES string of the molecule is O=C(Nc1ccc(-c2nc3ncccc3o2)cc1)c1ccc(Cl)cc1. The molecule has 0 bridgehead atoms. The summed E-state index contributed by atoms with van der Waals surface area (Å²) in [5.41, 5.74) is 3.23. The van der Waals surface area contributed by atoms with Gasteiger partial charge in [0.25, 0.3) is 5.91 Å². The van der Waals surface area contributed by atoms with Crippen molar-refractivity contribution in [3.8, 4) is 11.5 Å². The van der Waals surface area contributed by atoms with Crippen molar-refractivity contribution >= 4 is 34.4 Å². The summed E-state index contributed by atoms with van der Waals surface area (Å²) in [5, 5.41) is 3.43. The maximum Gasteiger partial charge on any atom is 0.255 e. The summed E-state index contributed by atoms with van der Waals surface area (Å²) in [5.74, 6) is 0.291. The Balaban J connectivity index is 1.53. The van der Waals surface area contributed by atoms with Gasteiger partial charge in [-0.05, 0) is 60.7 Å². The molecule has 1 amide bonds. The third-order valence-corrected chi connectivity index (χ3v) is 3.91. The van der Waals surface area contributed by atoms with Gasteiger partial charge in [-0.3, -0.25) is 4.79 Å². The van der Waals surface area contributed by atoms with Gasteiger partial charge in [-0.1, -0.05) is 11.6 Å². The molecule has 0 saturated heterocycles. The lowest BCUT2D eigenvalue weighted by Crippen LogP contribution is -2.11. The summed E-state index contributed by atoms with van der Waals surface area (Å²) in [4.78, 5) is 20.7. The molecule has 0 saturated carbocycles. The fourth-order valence-corrected chi connectivity index (χ4v) is 2.52. The molecule has 2 aromatic carbocycles. The smallest absolute Gasteiger partial charge is 0.255 e. The Labute approximate surface area is 148 Å². The van der Waals surface area contributed by atoms with E-state index < -0.39 is 0 Å². The first-order chi connectivity index (χ1) is 12.2. The van der Waals surface area contributed by atoms with Crippen LogP contribution in [-0.2, 0) is 0 Å². The monoisotopic (exact) mass is 349 g/mol. The highest BCUT2D eigenvalue weighted by Gasteiger charge is 2.10. The number of benzene rings is 2. The molecule has 122 valence electrons. The number of hydrogen-bond donors (Lipinski definition) is 1. The van der Waals surface area contributed by atoms with Gasteiger partial charge in [0.2, 0.25) is 5.89 Å². The number of pyridine rings is 1. The Kier molecular flexibility index (Phi) is 3.91. The number of hydrogen-bond acceptors (Lipinski definition) is 4. The molecular weight excluding hydrogens is 338 g/mol. The Morgan fingerprint density at radius 2 is 1.76 bits per heavy atom. The van der Waals surface area contributed by atoms with Gasteiger partial charge in [0.15, 0.2) is 11.2 Å². The van der Waals surface area contributed by atoms with Gasteiger partial charge in [0.05, 0.1) is 0 Å². The number of nitrogens with one attached hydrogen (secondary N) is 1. The lowest BCUT2D eigenvalue weighted by Gasteiger charge is -2.06. The van der Waals surface area contributed by atoms with Crippen molar-refractivity contribution in [2.24, 2.45) is 0 Å². The van der Waals surface area contributed by atoms with Crippen molar-refractivity contribution < 1.29 is 9.21 Å². The molecule has 0 aliphatic heterocycles. The molecule has 0 fully saturated rings.